The lowest BCUT2D eigenvalue weighted by Gasteiger charge is -2.51. The fourth-order valence-corrected chi connectivity index (χ4v) is 3.47. The van der Waals surface area contributed by atoms with E-state index < -0.39 is 0 Å². The van der Waals surface area contributed by atoms with Gasteiger partial charge in [0, 0.05) is 31.3 Å². The summed E-state index contributed by atoms with van der Waals surface area (Å²) in [7, 11) is 0. The molecule has 0 amide bonds. The number of hydrogen-bond acceptors (Lipinski definition) is 3. The molecule has 0 aromatic rings. The first-order valence-corrected chi connectivity index (χ1v) is 6.72. The van der Waals surface area contributed by atoms with Gasteiger partial charge in [-0.1, -0.05) is 6.92 Å². The SMILES string of the molecule is CC1CCN(C2(CN)CCOCC2)C(C)C1. The highest BCUT2D eigenvalue weighted by molar-refractivity contribution is 4.97. The van der Waals surface area contributed by atoms with Crippen molar-refractivity contribution >= 4 is 0 Å². The molecule has 94 valence electrons. The summed E-state index contributed by atoms with van der Waals surface area (Å²) in [6.45, 7) is 8.51. The molecule has 16 heavy (non-hydrogen) atoms. The van der Waals surface area contributed by atoms with Crippen molar-refractivity contribution in [3.05, 3.63) is 0 Å². The van der Waals surface area contributed by atoms with Gasteiger partial charge in [-0.3, -0.25) is 4.90 Å². The molecule has 2 heterocycles. The molecule has 2 rings (SSSR count). The van der Waals surface area contributed by atoms with Gasteiger partial charge in [0.15, 0.2) is 0 Å². The topological polar surface area (TPSA) is 38.5 Å². The minimum absolute atomic E-state index is 0.234. The van der Waals surface area contributed by atoms with Crippen LogP contribution in [0.3, 0.4) is 0 Å². The van der Waals surface area contributed by atoms with Gasteiger partial charge in [-0.25, -0.2) is 0 Å². The third-order valence-corrected chi connectivity index (χ3v) is 4.55. The number of piperidine rings is 1. The third-order valence-electron chi connectivity index (χ3n) is 4.55. The number of nitrogens with two attached hydrogens (primary N) is 1. The van der Waals surface area contributed by atoms with E-state index in [2.05, 4.69) is 18.7 Å². The van der Waals surface area contributed by atoms with Crippen LogP contribution in [0.25, 0.3) is 0 Å². The smallest absolute Gasteiger partial charge is 0.0484 e. The lowest BCUT2D eigenvalue weighted by molar-refractivity contribution is -0.0573. The maximum absolute atomic E-state index is 6.07. The Balaban J connectivity index is 2.07. The van der Waals surface area contributed by atoms with Gasteiger partial charge in [0.2, 0.25) is 0 Å². The highest BCUT2D eigenvalue weighted by Gasteiger charge is 2.41. The molecule has 2 atom stereocenters. The van der Waals surface area contributed by atoms with Gasteiger partial charge in [-0.05, 0) is 45.1 Å². The minimum Gasteiger partial charge on any atom is -0.381 e. The molecule has 2 unspecified atom stereocenters. The minimum atomic E-state index is 0.234. The lowest BCUT2D eigenvalue weighted by Crippen LogP contribution is -2.61. The zero-order chi connectivity index (χ0) is 11.6. The molecule has 3 nitrogen and oxygen atoms in total. The summed E-state index contributed by atoms with van der Waals surface area (Å²) in [6.07, 6.45) is 4.87. The van der Waals surface area contributed by atoms with E-state index in [1.54, 1.807) is 0 Å². The molecule has 0 radical (unpaired) electrons. The summed E-state index contributed by atoms with van der Waals surface area (Å²) < 4.78 is 5.49. The molecular formula is C13H26N2O. The zero-order valence-corrected chi connectivity index (χ0v) is 10.7. The first-order chi connectivity index (χ1) is 7.68. The van der Waals surface area contributed by atoms with E-state index in [-0.39, 0.29) is 5.54 Å². The molecule has 0 aromatic carbocycles. The Morgan fingerprint density at radius 1 is 1.31 bits per heavy atom. The summed E-state index contributed by atoms with van der Waals surface area (Å²) in [5.41, 5.74) is 6.30. The van der Waals surface area contributed by atoms with Crippen molar-refractivity contribution < 1.29 is 4.74 Å². The van der Waals surface area contributed by atoms with Gasteiger partial charge < -0.3 is 10.5 Å². The largest absolute Gasteiger partial charge is 0.381 e. The number of rotatable bonds is 2. The quantitative estimate of drug-likeness (QED) is 0.777. The number of nitrogens with zero attached hydrogens (tertiary/aromatic N) is 1. The second-order valence-corrected chi connectivity index (χ2v) is 5.71. The second kappa shape index (κ2) is 5.03. The van der Waals surface area contributed by atoms with Crippen molar-refractivity contribution in [1.29, 1.82) is 0 Å². The van der Waals surface area contributed by atoms with Crippen LogP contribution < -0.4 is 5.73 Å². The van der Waals surface area contributed by atoms with Crippen LogP contribution in [0.5, 0.6) is 0 Å². The summed E-state index contributed by atoms with van der Waals surface area (Å²) in [6, 6.07) is 0.686. The van der Waals surface area contributed by atoms with E-state index in [4.69, 9.17) is 10.5 Å². The van der Waals surface area contributed by atoms with Gasteiger partial charge in [0.1, 0.15) is 0 Å². The maximum Gasteiger partial charge on any atom is 0.0484 e. The molecule has 2 aliphatic heterocycles. The molecule has 0 aromatic heterocycles. The van der Waals surface area contributed by atoms with Crippen molar-refractivity contribution in [3.8, 4) is 0 Å². The average molecular weight is 226 g/mol. The van der Waals surface area contributed by atoms with Crippen LogP contribution in [0.15, 0.2) is 0 Å². The van der Waals surface area contributed by atoms with Gasteiger partial charge in [-0.15, -0.1) is 0 Å². The lowest BCUT2D eigenvalue weighted by atomic mass is 9.82. The molecule has 0 saturated carbocycles. The average Bonchev–Trinajstić information content (AvgIpc) is 2.30. The standard InChI is InChI=1S/C13H26N2O/c1-11-3-6-15(12(2)9-11)13(10-14)4-7-16-8-5-13/h11-12H,3-10,14H2,1-2H3. The van der Waals surface area contributed by atoms with E-state index in [1.807, 2.05) is 0 Å². The van der Waals surface area contributed by atoms with Crippen LogP contribution in [-0.4, -0.2) is 42.8 Å². The predicted molar refractivity (Wildman–Crippen MR) is 66.4 cm³/mol. The summed E-state index contributed by atoms with van der Waals surface area (Å²) in [4.78, 5) is 2.68. The van der Waals surface area contributed by atoms with Crippen LogP contribution in [0.2, 0.25) is 0 Å². The Bertz CT molecular complexity index is 226. The Labute approximate surface area is 99.3 Å². The first kappa shape index (κ1) is 12.3. The fraction of sp³-hybridized carbons (Fsp3) is 1.00. The Hall–Kier alpha value is -0.120. The molecule has 2 aliphatic rings. The Morgan fingerprint density at radius 2 is 2.00 bits per heavy atom. The van der Waals surface area contributed by atoms with Gasteiger partial charge in [-0.2, -0.15) is 0 Å². The van der Waals surface area contributed by atoms with E-state index in [9.17, 15) is 0 Å². The third kappa shape index (κ3) is 2.27. The second-order valence-electron chi connectivity index (χ2n) is 5.71. The molecule has 2 fully saturated rings. The Morgan fingerprint density at radius 3 is 2.56 bits per heavy atom. The van der Waals surface area contributed by atoms with Crippen molar-refractivity contribution in [1.82, 2.24) is 4.90 Å². The van der Waals surface area contributed by atoms with E-state index >= 15 is 0 Å². The zero-order valence-electron chi connectivity index (χ0n) is 10.7. The van der Waals surface area contributed by atoms with E-state index in [0.29, 0.717) is 6.04 Å². The first-order valence-electron chi connectivity index (χ1n) is 6.72. The number of ether oxygens (including phenoxy) is 1. The van der Waals surface area contributed by atoms with Crippen molar-refractivity contribution in [2.45, 2.75) is 51.1 Å². The van der Waals surface area contributed by atoms with Gasteiger partial charge in [0.25, 0.3) is 0 Å². The van der Waals surface area contributed by atoms with Crippen LogP contribution in [-0.2, 0) is 4.74 Å². The van der Waals surface area contributed by atoms with Crippen LogP contribution >= 0.6 is 0 Å². The maximum atomic E-state index is 6.07. The molecule has 0 bridgehead atoms. The molecular weight excluding hydrogens is 200 g/mol. The molecule has 0 spiro atoms. The van der Waals surface area contributed by atoms with E-state index in [1.165, 1.54) is 19.4 Å². The summed E-state index contributed by atoms with van der Waals surface area (Å²) >= 11 is 0. The molecule has 0 aliphatic carbocycles. The van der Waals surface area contributed by atoms with Gasteiger partial charge >= 0.3 is 0 Å². The Kier molecular flexibility index (Phi) is 3.88. The van der Waals surface area contributed by atoms with Crippen molar-refractivity contribution in [2.75, 3.05) is 26.3 Å². The molecule has 2 N–H and O–H groups in total. The highest BCUT2D eigenvalue weighted by atomic mass is 16.5. The summed E-state index contributed by atoms with van der Waals surface area (Å²) in [5, 5.41) is 0. The highest BCUT2D eigenvalue weighted by Crippen LogP contribution is 2.34. The van der Waals surface area contributed by atoms with Crippen molar-refractivity contribution in [2.24, 2.45) is 11.7 Å². The van der Waals surface area contributed by atoms with Crippen molar-refractivity contribution in [3.63, 3.8) is 0 Å². The van der Waals surface area contributed by atoms with Crippen LogP contribution in [0.1, 0.15) is 39.5 Å². The summed E-state index contributed by atoms with van der Waals surface area (Å²) in [5.74, 6) is 0.876. The normalized spacial score (nSPS) is 36.2. The number of hydrogen-bond donors (Lipinski definition) is 1. The van der Waals surface area contributed by atoms with Crippen LogP contribution in [0.4, 0.5) is 0 Å². The molecule has 3 heteroatoms. The predicted octanol–water partition coefficient (Wildman–Crippen LogP) is 1.61. The van der Waals surface area contributed by atoms with Crippen LogP contribution in [0, 0.1) is 5.92 Å². The number of likely N-dealkylation sites (tertiary alicyclic amines) is 1. The van der Waals surface area contributed by atoms with E-state index in [0.717, 1.165) is 38.5 Å². The van der Waals surface area contributed by atoms with Gasteiger partial charge in [0.05, 0.1) is 0 Å². The fourth-order valence-electron chi connectivity index (χ4n) is 3.47. The molecule has 2 saturated heterocycles. The monoisotopic (exact) mass is 226 g/mol.